The van der Waals surface area contributed by atoms with Gasteiger partial charge in [0.1, 0.15) is 5.82 Å². The number of carbonyl (C=O) groups is 1. The number of benzene rings is 1. The number of piperidine rings is 1. The highest BCUT2D eigenvalue weighted by atomic mass is 19.1. The van der Waals surface area contributed by atoms with E-state index in [0.29, 0.717) is 6.04 Å². The maximum Gasteiger partial charge on any atom is 0.169 e. The lowest BCUT2D eigenvalue weighted by Gasteiger charge is -2.37. The molecule has 2 unspecified atom stereocenters. The molecule has 116 valence electrons. The van der Waals surface area contributed by atoms with Gasteiger partial charge in [0.2, 0.25) is 0 Å². The fourth-order valence-corrected chi connectivity index (χ4v) is 3.32. The zero-order chi connectivity index (χ0) is 15.2. The lowest BCUT2D eigenvalue weighted by Crippen LogP contribution is -2.43. The first-order valence-electron chi connectivity index (χ1n) is 8.16. The van der Waals surface area contributed by atoms with E-state index in [0.717, 1.165) is 13.1 Å². The number of nitrogens with zero attached hydrogens (tertiary/aromatic N) is 1. The van der Waals surface area contributed by atoms with Gasteiger partial charge in [0.05, 0.1) is 5.56 Å². The predicted octanol–water partition coefficient (Wildman–Crippen LogP) is 4.30. The van der Waals surface area contributed by atoms with Gasteiger partial charge in [-0.05, 0) is 37.9 Å². The minimum absolute atomic E-state index is 0.0751. The summed E-state index contributed by atoms with van der Waals surface area (Å²) in [5, 5.41) is 0. The molecule has 21 heavy (non-hydrogen) atoms. The van der Waals surface area contributed by atoms with Gasteiger partial charge in [-0.2, -0.15) is 0 Å². The van der Waals surface area contributed by atoms with Crippen LogP contribution >= 0.6 is 0 Å². The van der Waals surface area contributed by atoms with Gasteiger partial charge in [-0.15, -0.1) is 0 Å². The number of rotatable bonds is 6. The van der Waals surface area contributed by atoms with Gasteiger partial charge in [0, 0.05) is 18.5 Å². The molecule has 1 aromatic rings. The molecule has 2 rings (SSSR count). The van der Waals surface area contributed by atoms with Gasteiger partial charge < -0.3 is 0 Å². The Morgan fingerprint density at radius 2 is 2.14 bits per heavy atom. The van der Waals surface area contributed by atoms with Crippen LogP contribution in [0.1, 0.15) is 56.3 Å². The number of ketones is 1. The second-order valence-corrected chi connectivity index (χ2v) is 6.18. The number of likely N-dealkylation sites (tertiary alicyclic amines) is 1. The maximum atomic E-state index is 13.7. The molecule has 1 saturated heterocycles. The van der Waals surface area contributed by atoms with E-state index in [-0.39, 0.29) is 17.3 Å². The molecule has 1 aliphatic rings. The summed E-state index contributed by atoms with van der Waals surface area (Å²) in [6.45, 7) is 5.95. The van der Waals surface area contributed by atoms with Crippen LogP contribution in [0.4, 0.5) is 4.39 Å². The zero-order valence-electron chi connectivity index (χ0n) is 13.1. The summed E-state index contributed by atoms with van der Waals surface area (Å²) in [6.07, 6.45) is 6.10. The molecule has 0 amide bonds. The number of hydrogen-bond acceptors (Lipinski definition) is 2. The highest BCUT2D eigenvalue weighted by Gasteiger charge is 2.26. The first-order chi connectivity index (χ1) is 10.1. The van der Waals surface area contributed by atoms with Gasteiger partial charge in [-0.1, -0.05) is 38.8 Å². The van der Waals surface area contributed by atoms with Crippen molar-refractivity contribution in [2.75, 3.05) is 13.1 Å². The second kappa shape index (κ2) is 7.69. The van der Waals surface area contributed by atoms with Crippen LogP contribution in [-0.4, -0.2) is 29.8 Å². The summed E-state index contributed by atoms with van der Waals surface area (Å²) < 4.78 is 13.7. The van der Waals surface area contributed by atoms with Crippen molar-refractivity contribution >= 4 is 5.78 Å². The largest absolute Gasteiger partial charge is 0.300 e. The average molecular weight is 291 g/mol. The van der Waals surface area contributed by atoms with Crippen molar-refractivity contribution in [3.8, 4) is 0 Å². The Labute approximate surface area is 127 Å². The topological polar surface area (TPSA) is 20.3 Å². The van der Waals surface area contributed by atoms with E-state index in [1.807, 2.05) is 6.92 Å². The minimum Gasteiger partial charge on any atom is -0.300 e. The summed E-state index contributed by atoms with van der Waals surface area (Å²) in [4.78, 5) is 14.9. The first-order valence-corrected chi connectivity index (χ1v) is 8.16. The van der Waals surface area contributed by atoms with E-state index in [1.54, 1.807) is 18.2 Å². The summed E-state index contributed by atoms with van der Waals surface area (Å²) in [5.74, 6) is -0.633. The summed E-state index contributed by atoms with van der Waals surface area (Å²) >= 11 is 0. The van der Waals surface area contributed by atoms with Crippen LogP contribution in [-0.2, 0) is 0 Å². The van der Waals surface area contributed by atoms with Crippen LogP contribution in [0.5, 0.6) is 0 Å². The van der Waals surface area contributed by atoms with Crippen molar-refractivity contribution in [2.24, 2.45) is 5.92 Å². The molecule has 1 aliphatic heterocycles. The lowest BCUT2D eigenvalue weighted by molar-refractivity contribution is 0.0810. The molecule has 0 spiro atoms. The quantitative estimate of drug-likeness (QED) is 0.728. The highest BCUT2D eigenvalue weighted by Crippen LogP contribution is 2.23. The summed E-state index contributed by atoms with van der Waals surface area (Å²) in [6, 6.07) is 6.90. The molecular formula is C18H26FNO. The van der Waals surface area contributed by atoms with E-state index in [1.165, 1.54) is 38.2 Å². The number of halogens is 1. The molecular weight excluding hydrogens is 265 g/mol. The number of hydrogen-bond donors (Lipinski definition) is 0. The van der Waals surface area contributed by atoms with Crippen molar-refractivity contribution in [1.29, 1.82) is 0 Å². The normalized spacial score (nSPS) is 21.2. The van der Waals surface area contributed by atoms with E-state index in [9.17, 15) is 9.18 Å². The third-order valence-corrected chi connectivity index (χ3v) is 4.47. The van der Waals surface area contributed by atoms with Gasteiger partial charge in [-0.25, -0.2) is 4.39 Å². The third-order valence-electron chi connectivity index (χ3n) is 4.47. The fraction of sp³-hybridized carbons (Fsp3) is 0.611. The van der Waals surface area contributed by atoms with Crippen molar-refractivity contribution in [2.45, 2.75) is 52.0 Å². The molecule has 2 atom stereocenters. The highest BCUT2D eigenvalue weighted by molar-refractivity contribution is 5.98. The molecule has 0 saturated carbocycles. The molecule has 0 aliphatic carbocycles. The Hall–Kier alpha value is -1.22. The van der Waals surface area contributed by atoms with E-state index >= 15 is 0 Å². The van der Waals surface area contributed by atoms with Crippen LogP contribution in [0.3, 0.4) is 0 Å². The molecule has 1 heterocycles. The van der Waals surface area contributed by atoms with Crippen LogP contribution in [0.15, 0.2) is 24.3 Å². The Morgan fingerprint density at radius 3 is 2.86 bits per heavy atom. The Morgan fingerprint density at radius 1 is 1.38 bits per heavy atom. The van der Waals surface area contributed by atoms with E-state index in [2.05, 4.69) is 11.8 Å². The van der Waals surface area contributed by atoms with Crippen LogP contribution in [0.25, 0.3) is 0 Å². The van der Waals surface area contributed by atoms with Gasteiger partial charge >= 0.3 is 0 Å². The molecule has 2 nitrogen and oxygen atoms in total. The van der Waals surface area contributed by atoms with Gasteiger partial charge in [0.25, 0.3) is 0 Å². The van der Waals surface area contributed by atoms with E-state index < -0.39 is 5.82 Å². The van der Waals surface area contributed by atoms with Crippen LogP contribution in [0.2, 0.25) is 0 Å². The Kier molecular flexibility index (Phi) is 5.92. The van der Waals surface area contributed by atoms with Crippen molar-refractivity contribution < 1.29 is 9.18 Å². The van der Waals surface area contributed by atoms with E-state index in [4.69, 9.17) is 0 Å². The Balaban J connectivity index is 2.01. The Bertz CT molecular complexity index is 472. The second-order valence-electron chi connectivity index (χ2n) is 6.18. The van der Waals surface area contributed by atoms with Gasteiger partial charge in [0.15, 0.2) is 5.78 Å². The standard InChI is InChI=1S/C18H26FNO/c1-3-8-15-9-6-7-12-20(15)13-14(2)18(21)16-10-4-5-11-17(16)19/h4-5,10-11,14-15H,3,6-9,12-13H2,1-2H3. The smallest absolute Gasteiger partial charge is 0.169 e. The number of Topliss-reactive ketones (excluding diaryl/α,β-unsaturated/α-hetero) is 1. The molecule has 0 bridgehead atoms. The van der Waals surface area contributed by atoms with Crippen LogP contribution in [0, 0.1) is 11.7 Å². The van der Waals surface area contributed by atoms with Crippen LogP contribution < -0.4 is 0 Å². The molecule has 0 aromatic heterocycles. The molecule has 1 aromatic carbocycles. The first kappa shape index (κ1) is 16.2. The third kappa shape index (κ3) is 4.13. The summed E-state index contributed by atoms with van der Waals surface area (Å²) in [7, 11) is 0. The fourth-order valence-electron chi connectivity index (χ4n) is 3.32. The number of carbonyl (C=O) groups excluding carboxylic acids is 1. The average Bonchev–Trinajstić information content (AvgIpc) is 2.49. The minimum atomic E-state index is -0.405. The maximum absolute atomic E-state index is 13.7. The molecule has 0 N–H and O–H groups in total. The molecule has 3 heteroatoms. The summed E-state index contributed by atoms with van der Waals surface area (Å²) in [5.41, 5.74) is 0.231. The van der Waals surface area contributed by atoms with Crippen molar-refractivity contribution in [1.82, 2.24) is 4.90 Å². The van der Waals surface area contributed by atoms with Crippen molar-refractivity contribution in [3.63, 3.8) is 0 Å². The molecule has 1 fully saturated rings. The zero-order valence-corrected chi connectivity index (χ0v) is 13.1. The molecule has 0 radical (unpaired) electrons. The monoisotopic (exact) mass is 291 g/mol. The van der Waals surface area contributed by atoms with Crippen molar-refractivity contribution in [3.05, 3.63) is 35.6 Å². The SMILES string of the molecule is CCCC1CCCCN1CC(C)C(=O)c1ccccc1F. The predicted molar refractivity (Wildman–Crippen MR) is 84.0 cm³/mol. The lowest BCUT2D eigenvalue weighted by atomic mass is 9.94. The van der Waals surface area contributed by atoms with Gasteiger partial charge in [-0.3, -0.25) is 9.69 Å².